The van der Waals surface area contributed by atoms with Gasteiger partial charge in [-0.25, -0.2) is 0 Å². The molecule has 0 bridgehead atoms. The third kappa shape index (κ3) is 3.06. The molecule has 1 N–H and O–H groups in total. The van der Waals surface area contributed by atoms with E-state index in [-0.39, 0.29) is 12.5 Å². The summed E-state index contributed by atoms with van der Waals surface area (Å²) in [6, 6.07) is 5.33. The molecule has 0 atom stereocenters. The summed E-state index contributed by atoms with van der Waals surface area (Å²) in [6.07, 6.45) is 0.784. The van der Waals surface area contributed by atoms with Crippen molar-refractivity contribution in [3.63, 3.8) is 0 Å². The van der Waals surface area contributed by atoms with Gasteiger partial charge in [0.05, 0.1) is 6.54 Å². The molecule has 0 aliphatic rings. The number of aldehydes is 1. The number of rotatable bonds is 4. The molecule has 0 spiro atoms. The van der Waals surface area contributed by atoms with Crippen LogP contribution in [0.25, 0.3) is 0 Å². The molecule has 0 saturated heterocycles. The van der Waals surface area contributed by atoms with Crippen molar-refractivity contribution in [2.75, 3.05) is 25.5 Å². The number of halogens is 1. The lowest BCUT2D eigenvalue weighted by molar-refractivity contribution is -0.119. The molecular weight excluding hydrogens is 272 g/mol. The molecule has 1 aromatic carbocycles. The highest BCUT2D eigenvalue weighted by Crippen LogP contribution is 2.22. The highest BCUT2D eigenvalue weighted by molar-refractivity contribution is 9.10. The molecule has 16 heavy (non-hydrogen) atoms. The van der Waals surface area contributed by atoms with Gasteiger partial charge in [-0.1, -0.05) is 0 Å². The fourth-order valence-corrected chi connectivity index (χ4v) is 1.69. The van der Waals surface area contributed by atoms with Crippen LogP contribution in [0.3, 0.4) is 0 Å². The van der Waals surface area contributed by atoms with Crippen LogP contribution in [0.4, 0.5) is 5.69 Å². The number of anilines is 1. The van der Waals surface area contributed by atoms with Crippen LogP contribution in [0.2, 0.25) is 0 Å². The van der Waals surface area contributed by atoms with Crippen molar-refractivity contribution in [2.24, 2.45) is 0 Å². The predicted octanol–water partition coefficient (Wildman–Crippen LogP) is 1.44. The largest absolute Gasteiger partial charge is 0.365 e. The number of hydrogen-bond acceptors (Lipinski definition) is 3. The molecule has 0 fully saturated rings. The van der Waals surface area contributed by atoms with Gasteiger partial charge in [0.15, 0.2) is 6.29 Å². The van der Waals surface area contributed by atoms with Crippen molar-refractivity contribution in [3.05, 3.63) is 28.2 Å². The summed E-state index contributed by atoms with van der Waals surface area (Å²) in [5, 5.41) is 2.55. The van der Waals surface area contributed by atoms with E-state index in [9.17, 15) is 9.59 Å². The quantitative estimate of drug-likeness (QED) is 0.852. The van der Waals surface area contributed by atoms with E-state index in [1.165, 1.54) is 0 Å². The van der Waals surface area contributed by atoms with Gasteiger partial charge in [-0.15, -0.1) is 0 Å². The summed E-state index contributed by atoms with van der Waals surface area (Å²) in [7, 11) is 3.42. The van der Waals surface area contributed by atoms with E-state index >= 15 is 0 Å². The lowest BCUT2D eigenvalue weighted by Crippen LogP contribution is -2.32. The Bertz CT molecular complexity index is 407. The number of carbonyl (C=O) groups excluding carboxylic acids is 2. The van der Waals surface area contributed by atoms with E-state index in [0.717, 1.165) is 16.4 Å². The molecule has 0 aromatic heterocycles. The first-order valence-corrected chi connectivity index (χ1v) is 5.54. The average molecular weight is 285 g/mol. The van der Waals surface area contributed by atoms with Gasteiger partial charge in [-0.05, 0) is 34.1 Å². The summed E-state index contributed by atoms with van der Waals surface area (Å²) in [5.74, 6) is -0.0573. The van der Waals surface area contributed by atoms with Crippen LogP contribution < -0.4 is 10.2 Å². The van der Waals surface area contributed by atoms with Crippen LogP contribution in [-0.2, 0) is 4.79 Å². The number of benzene rings is 1. The Morgan fingerprint density at radius 3 is 2.75 bits per heavy atom. The maximum absolute atomic E-state index is 11.2. The maximum Gasteiger partial charge on any atom is 0.239 e. The van der Waals surface area contributed by atoms with E-state index in [1.54, 1.807) is 24.1 Å². The molecule has 0 aliphatic heterocycles. The summed E-state index contributed by atoms with van der Waals surface area (Å²) < 4.78 is 0.726. The molecule has 0 radical (unpaired) electrons. The molecular formula is C11H13BrN2O2. The minimum atomic E-state index is -0.0573. The Hall–Kier alpha value is -1.36. The topological polar surface area (TPSA) is 49.4 Å². The molecule has 0 aliphatic carbocycles. The summed E-state index contributed by atoms with van der Waals surface area (Å²) in [4.78, 5) is 23.6. The Kier molecular flexibility index (Phi) is 4.49. The molecule has 86 valence electrons. The monoisotopic (exact) mass is 284 g/mol. The SMILES string of the molecule is CNC(=O)CN(C)c1ccc(C=O)c(Br)c1. The Labute approximate surface area is 103 Å². The summed E-state index contributed by atoms with van der Waals surface area (Å²) in [6.45, 7) is 0.281. The molecule has 0 saturated carbocycles. The van der Waals surface area contributed by atoms with Gasteiger partial charge < -0.3 is 10.2 Å². The van der Waals surface area contributed by atoms with E-state index in [4.69, 9.17) is 0 Å². The fraction of sp³-hybridized carbons (Fsp3) is 0.273. The smallest absolute Gasteiger partial charge is 0.239 e. The molecule has 1 rings (SSSR count). The second-order valence-electron chi connectivity index (χ2n) is 3.35. The second kappa shape index (κ2) is 5.65. The minimum absolute atomic E-state index is 0.0573. The van der Waals surface area contributed by atoms with Gasteiger partial charge in [0.25, 0.3) is 0 Å². The zero-order chi connectivity index (χ0) is 12.1. The number of hydrogen-bond donors (Lipinski definition) is 1. The van der Waals surface area contributed by atoms with Crippen LogP contribution in [-0.4, -0.2) is 32.8 Å². The lowest BCUT2D eigenvalue weighted by Gasteiger charge is -2.18. The molecule has 5 heteroatoms. The highest BCUT2D eigenvalue weighted by Gasteiger charge is 2.07. The molecule has 0 unspecified atom stereocenters. The number of nitrogens with zero attached hydrogens (tertiary/aromatic N) is 1. The van der Waals surface area contributed by atoms with E-state index in [2.05, 4.69) is 21.2 Å². The standard InChI is InChI=1S/C11H13BrN2O2/c1-13-11(16)6-14(2)9-4-3-8(7-15)10(12)5-9/h3-5,7H,6H2,1-2H3,(H,13,16). The Morgan fingerprint density at radius 2 is 2.25 bits per heavy atom. The van der Waals surface area contributed by atoms with Gasteiger partial charge >= 0.3 is 0 Å². The van der Waals surface area contributed by atoms with Crippen molar-refractivity contribution in [1.82, 2.24) is 5.32 Å². The normalized spacial score (nSPS) is 9.69. The minimum Gasteiger partial charge on any atom is -0.365 e. The molecule has 4 nitrogen and oxygen atoms in total. The first-order valence-electron chi connectivity index (χ1n) is 4.75. The van der Waals surface area contributed by atoms with Crippen molar-refractivity contribution in [2.45, 2.75) is 0 Å². The van der Waals surface area contributed by atoms with E-state index < -0.39 is 0 Å². The summed E-state index contributed by atoms with van der Waals surface area (Å²) >= 11 is 3.30. The average Bonchev–Trinajstić information content (AvgIpc) is 2.28. The summed E-state index contributed by atoms with van der Waals surface area (Å²) in [5.41, 5.74) is 1.47. The van der Waals surface area contributed by atoms with Crippen LogP contribution in [0.15, 0.2) is 22.7 Å². The van der Waals surface area contributed by atoms with Gasteiger partial charge in [0.2, 0.25) is 5.91 Å². The van der Waals surface area contributed by atoms with Crippen molar-refractivity contribution >= 4 is 33.8 Å². The van der Waals surface area contributed by atoms with Crippen LogP contribution >= 0.6 is 15.9 Å². The molecule has 0 heterocycles. The van der Waals surface area contributed by atoms with Crippen molar-refractivity contribution < 1.29 is 9.59 Å². The Balaban J connectivity index is 2.84. The lowest BCUT2D eigenvalue weighted by atomic mass is 10.2. The molecule has 1 aromatic rings. The second-order valence-corrected chi connectivity index (χ2v) is 4.21. The van der Waals surface area contributed by atoms with E-state index in [0.29, 0.717) is 5.56 Å². The highest BCUT2D eigenvalue weighted by atomic mass is 79.9. The number of amides is 1. The van der Waals surface area contributed by atoms with Crippen LogP contribution in [0, 0.1) is 0 Å². The van der Waals surface area contributed by atoms with Gasteiger partial charge in [0.1, 0.15) is 0 Å². The van der Waals surface area contributed by atoms with Crippen LogP contribution in [0.1, 0.15) is 10.4 Å². The molecule has 1 amide bonds. The van der Waals surface area contributed by atoms with Crippen molar-refractivity contribution in [3.8, 4) is 0 Å². The number of nitrogens with one attached hydrogen (secondary N) is 1. The third-order valence-corrected chi connectivity index (χ3v) is 2.90. The Morgan fingerprint density at radius 1 is 1.56 bits per heavy atom. The number of likely N-dealkylation sites (N-methyl/N-ethyl adjacent to an activating group) is 2. The number of carbonyl (C=O) groups is 2. The maximum atomic E-state index is 11.2. The van der Waals surface area contributed by atoms with Gasteiger partial charge in [-0.3, -0.25) is 9.59 Å². The van der Waals surface area contributed by atoms with E-state index in [1.807, 2.05) is 13.1 Å². The zero-order valence-electron chi connectivity index (χ0n) is 9.16. The predicted molar refractivity (Wildman–Crippen MR) is 66.9 cm³/mol. The van der Waals surface area contributed by atoms with Crippen LogP contribution in [0.5, 0.6) is 0 Å². The van der Waals surface area contributed by atoms with Gasteiger partial charge in [0, 0.05) is 29.8 Å². The fourth-order valence-electron chi connectivity index (χ4n) is 1.23. The van der Waals surface area contributed by atoms with Gasteiger partial charge in [-0.2, -0.15) is 0 Å². The first-order chi connectivity index (χ1) is 7.58. The first kappa shape index (κ1) is 12.7. The third-order valence-electron chi connectivity index (χ3n) is 2.21. The zero-order valence-corrected chi connectivity index (χ0v) is 10.7. The van der Waals surface area contributed by atoms with Crippen molar-refractivity contribution in [1.29, 1.82) is 0 Å².